The summed E-state index contributed by atoms with van der Waals surface area (Å²) in [6.45, 7) is 4.14. The number of hydrogen-bond donors (Lipinski definition) is 0. The minimum atomic E-state index is -0.863. The SMILES string of the molecule is CCCc1ccc(OC(=O)c2ccc(-c3ccc(C4CCC(CC)CC4)c(F)c3F)cc2)cc1F. The van der Waals surface area contributed by atoms with E-state index in [0.29, 0.717) is 29.0 Å². The summed E-state index contributed by atoms with van der Waals surface area (Å²) in [4.78, 5) is 12.5. The summed E-state index contributed by atoms with van der Waals surface area (Å²) in [6.07, 6.45) is 6.43. The van der Waals surface area contributed by atoms with Crippen LogP contribution < -0.4 is 4.74 Å². The van der Waals surface area contributed by atoms with E-state index in [1.165, 1.54) is 18.2 Å². The standard InChI is InChI=1S/C30H31F3O2/c1-3-5-22-14-15-24(18-27(22)31)35-30(34)23-12-10-21(11-13-23)26-17-16-25(28(32)29(26)33)20-8-6-19(4-2)7-9-20/h10-20H,3-9H2,1-2H3. The van der Waals surface area contributed by atoms with Crippen molar-refractivity contribution in [2.45, 2.75) is 64.7 Å². The van der Waals surface area contributed by atoms with Crippen LogP contribution in [-0.2, 0) is 6.42 Å². The molecule has 0 N–H and O–H groups in total. The van der Waals surface area contributed by atoms with Crippen molar-refractivity contribution in [3.8, 4) is 16.9 Å². The van der Waals surface area contributed by atoms with E-state index in [1.807, 2.05) is 6.92 Å². The van der Waals surface area contributed by atoms with Gasteiger partial charge in [0.2, 0.25) is 0 Å². The predicted octanol–water partition coefficient (Wildman–Crippen LogP) is 8.63. The molecule has 1 saturated carbocycles. The highest BCUT2D eigenvalue weighted by Gasteiger charge is 2.26. The van der Waals surface area contributed by atoms with Gasteiger partial charge in [0.05, 0.1) is 5.56 Å². The van der Waals surface area contributed by atoms with E-state index in [1.54, 1.807) is 36.4 Å². The molecule has 0 heterocycles. The number of aryl methyl sites for hydroxylation is 1. The van der Waals surface area contributed by atoms with Crippen LogP contribution in [0.1, 0.15) is 79.8 Å². The Morgan fingerprint density at radius 3 is 2.23 bits per heavy atom. The van der Waals surface area contributed by atoms with Gasteiger partial charge in [0, 0.05) is 11.6 Å². The highest BCUT2D eigenvalue weighted by molar-refractivity contribution is 5.91. The van der Waals surface area contributed by atoms with E-state index in [2.05, 4.69) is 6.92 Å². The fourth-order valence-electron chi connectivity index (χ4n) is 5.00. The van der Waals surface area contributed by atoms with Crippen LogP contribution in [0, 0.1) is 23.4 Å². The first kappa shape index (κ1) is 25.0. The smallest absolute Gasteiger partial charge is 0.343 e. The second-order valence-electron chi connectivity index (χ2n) is 9.43. The van der Waals surface area contributed by atoms with Gasteiger partial charge in [-0.3, -0.25) is 0 Å². The molecule has 0 aliphatic heterocycles. The van der Waals surface area contributed by atoms with Gasteiger partial charge in [-0.05, 0) is 78.8 Å². The number of esters is 1. The summed E-state index contributed by atoms with van der Waals surface area (Å²) in [7, 11) is 0. The zero-order valence-electron chi connectivity index (χ0n) is 20.3. The fourth-order valence-corrected chi connectivity index (χ4v) is 5.00. The molecular weight excluding hydrogens is 449 g/mol. The third-order valence-electron chi connectivity index (χ3n) is 7.16. The zero-order valence-corrected chi connectivity index (χ0v) is 20.3. The molecule has 0 radical (unpaired) electrons. The van der Waals surface area contributed by atoms with Gasteiger partial charge in [-0.1, -0.05) is 57.0 Å². The number of hydrogen-bond acceptors (Lipinski definition) is 2. The van der Waals surface area contributed by atoms with Crippen molar-refractivity contribution in [2.75, 3.05) is 0 Å². The molecule has 184 valence electrons. The molecule has 3 aromatic carbocycles. The molecule has 0 atom stereocenters. The Balaban J connectivity index is 1.47. The monoisotopic (exact) mass is 480 g/mol. The molecule has 3 aromatic rings. The first-order chi connectivity index (χ1) is 16.9. The topological polar surface area (TPSA) is 26.3 Å². The molecule has 1 aliphatic rings. The van der Waals surface area contributed by atoms with Crippen molar-refractivity contribution in [3.63, 3.8) is 0 Å². The lowest BCUT2D eigenvalue weighted by Gasteiger charge is -2.28. The summed E-state index contributed by atoms with van der Waals surface area (Å²) < 4.78 is 49.4. The van der Waals surface area contributed by atoms with Gasteiger partial charge >= 0.3 is 5.97 Å². The van der Waals surface area contributed by atoms with Crippen LogP contribution in [-0.4, -0.2) is 5.97 Å². The highest BCUT2D eigenvalue weighted by atomic mass is 19.2. The van der Waals surface area contributed by atoms with Crippen molar-refractivity contribution >= 4 is 5.97 Å². The lowest BCUT2D eigenvalue weighted by atomic mass is 9.77. The van der Waals surface area contributed by atoms with Gasteiger partial charge in [0.1, 0.15) is 11.6 Å². The summed E-state index contributed by atoms with van der Waals surface area (Å²) in [5, 5.41) is 0. The van der Waals surface area contributed by atoms with Crippen LogP contribution in [0.4, 0.5) is 13.2 Å². The van der Waals surface area contributed by atoms with Crippen molar-refractivity contribution in [1.82, 2.24) is 0 Å². The maximum absolute atomic E-state index is 15.0. The predicted molar refractivity (Wildman–Crippen MR) is 132 cm³/mol. The zero-order chi connectivity index (χ0) is 24.9. The fraction of sp³-hybridized carbons (Fsp3) is 0.367. The second-order valence-corrected chi connectivity index (χ2v) is 9.43. The number of carbonyl (C=O) groups is 1. The first-order valence-electron chi connectivity index (χ1n) is 12.5. The number of benzene rings is 3. The summed E-state index contributed by atoms with van der Waals surface area (Å²) >= 11 is 0. The first-order valence-corrected chi connectivity index (χ1v) is 12.5. The number of halogens is 3. The molecule has 1 fully saturated rings. The van der Waals surface area contributed by atoms with Gasteiger partial charge in [-0.15, -0.1) is 0 Å². The van der Waals surface area contributed by atoms with Crippen LogP contribution in [0.15, 0.2) is 54.6 Å². The van der Waals surface area contributed by atoms with E-state index in [4.69, 9.17) is 4.74 Å². The van der Waals surface area contributed by atoms with E-state index in [0.717, 1.165) is 38.5 Å². The van der Waals surface area contributed by atoms with E-state index < -0.39 is 23.4 Å². The Kier molecular flexibility index (Phi) is 7.94. The van der Waals surface area contributed by atoms with Gasteiger partial charge < -0.3 is 4.74 Å². The number of carbonyl (C=O) groups excluding carboxylic acids is 1. The van der Waals surface area contributed by atoms with E-state index in [-0.39, 0.29) is 22.8 Å². The van der Waals surface area contributed by atoms with Crippen LogP contribution in [0.2, 0.25) is 0 Å². The quantitative estimate of drug-likeness (QED) is 0.250. The van der Waals surface area contributed by atoms with Crippen molar-refractivity contribution in [2.24, 2.45) is 5.92 Å². The molecule has 0 spiro atoms. The number of rotatable bonds is 7. The average Bonchev–Trinajstić information content (AvgIpc) is 2.87. The minimum Gasteiger partial charge on any atom is -0.423 e. The lowest BCUT2D eigenvalue weighted by Crippen LogP contribution is -2.14. The molecule has 1 aliphatic carbocycles. The minimum absolute atomic E-state index is 0.0550. The average molecular weight is 481 g/mol. The summed E-state index contributed by atoms with van der Waals surface area (Å²) in [6, 6.07) is 13.8. The molecule has 0 unspecified atom stereocenters. The Morgan fingerprint density at radius 1 is 0.886 bits per heavy atom. The molecule has 4 rings (SSSR count). The summed E-state index contributed by atoms with van der Waals surface area (Å²) in [5.41, 5.74) is 1.89. The van der Waals surface area contributed by atoms with Gasteiger partial charge in [-0.2, -0.15) is 0 Å². The van der Waals surface area contributed by atoms with E-state index >= 15 is 4.39 Å². The van der Waals surface area contributed by atoms with Crippen molar-refractivity contribution in [3.05, 3.63) is 88.7 Å². The molecule has 0 bridgehead atoms. The second kappa shape index (κ2) is 11.1. The van der Waals surface area contributed by atoms with E-state index in [9.17, 15) is 13.6 Å². The largest absolute Gasteiger partial charge is 0.423 e. The van der Waals surface area contributed by atoms with Crippen molar-refractivity contribution in [1.29, 1.82) is 0 Å². The van der Waals surface area contributed by atoms with Gasteiger partial charge in [0.15, 0.2) is 11.6 Å². The Morgan fingerprint density at radius 2 is 1.60 bits per heavy atom. The maximum Gasteiger partial charge on any atom is 0.343 e. The summed E-state index contributed by atoms with van der Waals surface area (Å²) in [5.74, 6) is -1.84. The van der Waals surface area contributed by atoms with Crippen LogP contribution in [0.3, 0.4) is 0 Å². The van der Waals surface area contributed by atoms with Crippen LogP contribution in [0.5, 0.6) is 5.75 Å². The molecule has 5 heteroatoms. The molecule has 35 heavy (non-hydrogen) atoms. The van der Waals surface area contributed by atoms with Crippen LogP contribution in [0.25, 0.3) is 11.1 Å². The Labute approximate surface area is 205 Å². The molecule has 0 amide bonds. The lowest BCUT2D eigenvalue weighted by molar-refractivity contribution is 0.0734. The van der Waals surface area contributed by atoms with Gasteiger partial charge in [0.25, 0.3) is 0 Å². The van der Waals surface area contributed by atoms with Gasteiger partial charge in [-0.25, -0.2) is 18.0 Å². The van der Waals surface area contributed by atoms with Crippen molar-refractivity contribution < 1.29 is 22.7 Å². The normalized spacial score (nSPS) is 17.9. The molecular formula is C30H31F3O2. The third kappa shape index (κ3) is 5.61. The highest BCUT2D eigenvalue weighted by Crippen LogP contribution is 2.39. The Hall–Kier alpha value is -3.08. The molecule has 0 saturated heterocycles. The molecule has 2 nitrogen and oxygen atoms in total. The number of ether oxygens (including phenoxy) is 1. The third-order valence-corrected chi connectivity index (χ3v) is 7.16. The maximum atomic E-state index is 15.0. The Bertz CT molecular complexity index is 1180. The van der Waals surface area contributed by atoms with Crippen LogP contribution >= 0.6 is 0 Å². The molecule has 0 aromatic heterocycles.